The fourth-order valence-electron chi connectivity index (χ4n) is 4.21. The topological polar surface area (TPSA) is 72.0 Å². The quantitative estimate of drug-likeness (QED) is 0.768. The maximum Gasteiger partial charge on any atom is 0.227 e. The minimum atomic E-state index is -0.482. The molecule has 28 heavy (non-hydrogen) atoms. The molecule has 3 aliphatic heterocycles. The summed E-state index contributed by atoms with van der Waals surface area (Å²) in [6, 6.07) is 2.01. The van der Waals surface area contributed by atoms with E-state index in [4.69, 9.17) is 9.47 Å². The maximum absolute atomic E-state index is 12.9. The molecule has 0 N–H and O–H groups in total. The van der Waals surface area contributed by atoms with Crippen LogP contribution in [0.5, 0.6) is 0 Å². The van der Waals surface area contributed by atoms with Gasteiger partial charge in [0.1, 0.15) is 5.03 Å². The fourth-order valence-corrected chi connectivity index (χ4v) is 5.29. The molecule has 4 rings (SSSR count). The summed E-state index contributed by atoms with van der Waals surface area (Å²) in [6.07, 6.45) is 1.87. The normalized spacial score (nSPS) is 21.1. The van der Waals surface area contributed by atoms with E-state index in [2.05, 4.69) is 4.98 Å². The first kappa shape index (κ1) is 19.7. The molecule has 2 fully saturated rings. The third kappa shape index (κ3) is 3.90. The number of fused-ring (bicyclic) bond motifs is 1. The number of ether oxygens (including phenoxy) is 2. The minimum Gasteiger partial charge on any atom is -0.347 e. The predicted octanol–water partition coefficient (Wildman–Crippen LogP) is 2.28. The molecular formula is C20H27N3O4S. The second-order valence-electron chi connectivity index (χ2n) is 7.62. The number of likely N-dealkylation sites (tertiary alicyclic amines) is 1. The smallest absolute Gasteiger partial charge is 0.227 e. The van der Waals surface area contributed by atoms with Crippen LogP contribution in [0, 0.1) is 13.8 Å². The fraction of sp³-hybridized carbons (Fsp3) is 0.650. The summed E-state index contributed by atoms with van der Waals surface area (Å²) in [5, 5.41) is 0.918. The number of aromatic nitrogens is 1. The molecular weight excluding hydrogens is 378 g/mol. The summed E-state index contributed by atoms with van der Waals surface area (Å²) in [5.74, 6) is 0.382. The third-order valence-corrected chi connectivity index (χ3v) is 6.59. The lowest BCUT2D eigenvalue weighted by Crippen LogP contribution is -2.47. The van der Waals surface area contributed by atoms with Crippen molar-refractivity contribution in [3.8, 4) is 0 Å². The Morgan fingerprint density at radius 3 is 2.50 bits per heavy atom. The maximum atomic E-state index is 12.9. The summed E-state index contributed by atoms with van der Waals surface area (Å²) in [7, 11) is 0. The Balaban J connectivity index is 1.33. The van der Waals surface area contributed by atoms with E-state index in [9.17, 15) is 9.59 Å². The molecule has 0 bridgehead atoms. The van der Waals surface area contributed by atoms with E-state index in [0.29, 0.717) is 45.7 Å². The van der Waals surface area contributed by atoms with Crippen LogP contribution in [0.4, 0.5) is 5.69 Å². The van der Waals surface area contributed by atoms with E-state index in [1.54, 1.807) is 11.8 Å². The number of carbonyl (C=O) groups is 2. The van der Waals surface area contributed by atoms with Crippen LogP contribution in [0.2, 0.25) is 0 Å². The number of carbonyl (C=O) groups excluding carboxylic acids is 2. The van der Waals surface area contributed by atoms with E-state index in [1.165, 1.54) is 0 Å². The van der Waals surface area contributed by atoms with Gasteiger partial charge in [0.05, 0.1) is 18.9 Å². The second kappa shape index (κ2) is 8.00. The molecule has 0 atom stereocenters. The number of anilines is 1. The highest BCUT2D eigenvalue weighted by molar-refractivity contribution is 7.99. The Kier molecular flexibility index (Phi) is 5.62. The number of aryl methyl sites for hydroxylation is 2. The van der Waals surface area contributed by atoms with E-state index >= 15 is 0 Å². The van der Waals surface area contributed by atoms with Gasteiger partial charge in [0.25, 0.3) is 0 Å². The average Bonchev–Trinajstić information content (AvgIpc) is 3.13. The van der Waals surface area contributed by atoms with Gasteiger partial charge >= 0.3 is 0 Å². The van der Waals surface area contributed by atoms with Crippen molar-refractivity contribution in [2.75, 3.05) is 43.5 Å². The summed E-state index contributed by atoms with van der Waals surface area (Å²) >= 11 is 1.69. The lowest BCUT2D eigenvalue weighted by molar-refractivity contribution is -0.187. The van der Waals surface area contributed by atoms with Gasteiger partial charge in [0.2, 0.25) is 11.8 Å². The van der Waals surface area contributed by atoms with E-state index in [-0.39, 0.29) is 24.7 Å². The van der Waals surface area contributed by atoms with Gasteiger partial charge in [-0.1, -0.05) is 0 Å². The molecule has 0 aliphatic carbocycles. The zero-order valence-electron chi connectivity index (χ0n) is 16.5. The van der Waals surface area contributed by atoms with Gasteiger partial charge in [-0.15, -0.1) is 11.8 Å². The molecule has 1 spiro atoms. The molecule has 2 amide bonds. The first-order chi connectivity index (χ1) is 13.5. The molecule has 1 aromatic heterocycles. The molecule has 3 aliphatic rings. The van der Waals surface area contributed by atoms with Gasteiger partial charge in [0, 0.05) is 56.8 Å². The van der Waals surface area contributed by atoms with Crippen molar-refractivity contribution in [3.63, 3.8) is 0 Å². The number of pyridine rings is 1. The van der Waals surface area contributed by atoms with Crippen molar-refractivity contribution >= 4 is 29.3 Å². The summed E-state index contributed by atoms with van der Waals surface area (Å²) in [5.41, 5.74) is 2.94. The standard InChI is InChI=1S/C20H27N3O4S/c1-14-13-15(2)21-19-18(14)23(9-12-28-19)17(25)4-3-16(24)22-7-5-20(6-8-22)26-10-11-27-20/h13H,3-12H2,1-2H3. The number of hydrogen-bond acceptors (Lipinski definition) is 6. The summed E-state index contributed by atoms with van der Waals surface area (Å²) in [4.78, 5) is 33.7. The lowest BCUT2D eigenvalue weighted by Gasteiger charge is -2.37. The number of hydrogen-bond donors (Lipinski definition) is 0. The second-order valence-corrected chi connectivity index (χ2v) is 8.70. The van der Waals surface area contributed by atoms with Gasteiger partial charge in [-0.3, -0.25) is 9.59 Å². The van der Waals surface area contributed by atoms with Crippen molar-refractivity contribution in [3.05, 3.63) is 17.3 Å². The van der Waals surface area contributed by atoms with Gasteiger partial charge < -0.3 is 19.3 Å². The Morgan fingerprint density at radius 1 is 1.11 bits per heavy atom. The third-order valence-electron chi connectivity index (χ3n) is 5.65. The van der Waals surface area contributed by atoms with Gasteiger partial charge in [-0.25, -0.2) is 4.98 Å². The highest BCUT2D eigenvalue weighted by atomic mass is 32.2. The summed E-state index contributed by atoms with van der Waals surface area (Å²) in [6.45, 7) is 7.16. The molecule has 4 heterocycles. The first-order valence-corrected chi connectivity index (χ1v) is 10.9. The molecule has 0 saturated carbocycles. The van der Waals surface area contributed by atoms with Crippen molar-refractivity contribution < 1.29 is 19.1 Å². The molecule has 152 valence electrons. The molecule has 8 heteroatoms. The SMILES string of the molecule is Cc1cc(C)c2c(n1)SCCN2C(=O)CCC(=O)N1CCC2(CC1)OCCO2. The van der Waals surface area contributed by atoms with Gasteiger partial charge in [0.15, 0.2) is 5.79 Å². The number of rotatable bonds is 3. The minimum absolute atomic E-state index is 0.000377. The molecule has 7 nitrogen and oxygen atoms in total. The number of nitrogens with zero attached hydrogens (tertiary/aromatic N) is 3. The number of thioether (sulfide) groups is 1. The molecule has 2 saturated heterocycles. The Bertz CT molecular complexity index is 769. The van der Waals surface area contributed by atoms with Crippen LogP contribution >= 0.6 is 11.8 Å². The van der Waals surface area contributed by atoms with Crippen LogP contribution < -0.4 is 4.90 Å². The van der Waals surface area contributed by atoms with Crippen molar-refractivity contribution in [1.29, 1.82) is 0 Å². The monoisotopic (exact) mass is 405 g/mol. The van der Waals surface area contributed by atoms with Gasteiger partial charge in [-0.2, -0.15) is 0 Å². The van der Waals surface area contributed by atoms with E-state index in [0.717, 1.165) is 27.7 Å². The highest BCUT2D eigenvalue weighted by Gasteiger charge is 2.40. The van der Waals surface area contributed by atoms with Crippen LogP contribution in [0.1, 0.15) is 36.9 Å². The Labute approximate surface area is 169 Å². The van der Waals surface area contributed by atoms with Crippen LogP contribution in [0.15, 0.2) is 11.1 Å². The lowest BCUT2D eigenvalue weighted by atomic mass is 10.0. The van der Waals surface area contributed by atoms with Crippen LogP contribution in [-0.2, 0) is 19.1 Å². The number of amides is 2. The Morgan fingerprint density at radius 2 is 1.79 bits per heavy atom. The zero-order valence-corrected chi connectivity index (χ0v) is 17.3. The largest absolute Gasteiger partial charge is 0.347 e. The van der Waals surface area contributed by atoms with Crippen LogP contribution in [0.3, 0.4) is 0 Å². The van der Waals surface area contributed by atoms with Crippen molar-refractivity contribution in [2.24, 2.45) is 0 Å². The average molecular weight is 406 g/mol. The molecule has 1 aromatic rings. The molecule has 0 unspecified atom stereocenters. The summed E-state index contributed by atoms with van der Waals surface area (Å²) < 4.78 is 11.4. The Hall–Kier alpha value is -1.64. The highest BCUT2D eigenvalue weighted by Crippen LogP contribution is 2.36. The predicted molar refractivity (Wildman–Crippen MR) is 106 cm³/mol. The molecule has 0 radical (unpaired) electrons. The van der Waals surface area contributed by atoms with Crippen LogP contribution in [0.25, 0.3) is 0 Å². The van der Waals surface area contributed by atoms with Crippen molar-refractivity contribution in [1.82, 2.24) is 9.88 Å². The zero-order chi connectivity index (χ0) is 19.7. The van der Waals surface area contributed by atoms with E-state index in [1.807, 2.05) is 29.7 Å². The molecule has 0 aromatic carbocycles. The van der Waals surface area contributed by atoms with Gasteiger partial charge in [-0.05, 0) is 25.5 Å². The van der Waals surface area contributed by atoms with Crippen LogP contribution in [-0.4, -0.2) is 66.1 Å². The number of piperidine rings is 1. The van der Waals surface area contributed by atoms with E-state index < -0.39 is 5.79 Å². The first-order valence-electron chi connectivity index (χ1n) is 9.94. The van der Waals surface area contributed by atoms with Crippen molar-refractivity contribution in [2.45, 2.75) is 50.3 Å².